The van der Waals surface area contributed by atoms with Crippen LogP contribution in [0.4, 0.5) is 0 Å². The van der Waals surface area contributed by atoms with E-state index in [9.17, 15) is 4.79 Å². The number of aromatic nitrogens is 5. The zero-order valence-corrected chi connectivity index (χ0v) is 13.0. The van der Waals surface area contributed by atoms with E-state index in [0.717, 1.165) is 5.56 Å². The fourth-order valence-corrected chi connectivity index (χ4v) is 2.42. The minimum atomic E-state index is -0.258. The molecule has 0 saturated carbocycles. The molecule has 0 unspecified atom stereocenters. The van der Waals surface area contributed by atoms with E-state index in [2.05, 4.69) is 20.5 Å². The van der Waals surface area contributed by atoms with Crippen LogP contribution in [0.3, 0.4) is 0 Å². The minimum absolute atomic E-state index is 0.0528. The topological polar surface area (TPSA) is 86.7 Å². The molecule has 2 heterocycles. The molecule has 0 spiro atoms. The van der Waals surface area contributed by atoms with Crippen molar-refractivity contribution in [2.45, 2.75) is 6.54 Å². The molecule has 7 nitrogen and oxygen atoms in total. The molecular weight excluding hydrogens is 330 g/mol. The maximum absolute atomic E-state index is 12.4. The van der Waals surface area contributed by atoms with Crippen LogP contribution in [0.2, 0.25) is 5.02 Å². The van der Waals surface area contributed by atoms with Crippen LogP contribution >= 0.6 is 11.6 Å². The number of halogens is 1. The van der Waals surface area contributed by atoms with Gasteiger partial charge < -0.3 is 4.52 Å². The lowest BCUT2D eigenvalue weighted by Gasteiger charge is -2.01. The lowest BCUT2D eigenvalue weighted by Crippen LogP contribution is -2.24. The Hall–Kier alpha value is -3.06. The van der Waals surface area contributed by atoms with E-state index in [1.807, 2.05) is 0 Å². The summed E-state index contributed by atoms with van der Waals surface area (Å²) in [6, 6.07) is 14.1. The first-order valence-electron chi connectivity index (χ1n) is 7.12. The molecule has 8 heteroatoms. The van der Waals surface area contributed by atoms with Crippen LogP contribution in [-0.2, 0) is 6.54 Å². The Labute approximate surface area is 140 Å². The summed E-state index contributed by atoms with van der Waals surface area (Å²) in [4.78, 5) is 16.7. The molecule has 118 valence electrons. The maximum Gasteiger partial charge on any atom is 0.278 e. The second kappa shape index (κ2) is 5.86. The van der Waals surface area contributed by atoms with Crippen molar-refractivity contribution >= 4 is 22.5 Å². The monoisotopic (exact) mass is 339 g/mol. The van der Waals surface area contributed by atoms with Crippen molar-refractivity contribution in [3.63, 3.8) is 0 Å². The van der Waals surface area contributed by atoms with Gasteiger partial charge in [0.25, 0.3) is 5.56 Å². The number of hydrogen-bond acceptors (Lipinski definition) is 6. The smallest absolute Gasteiger partial charge is 0.278 e. The molecule has 0 aliphatic heterocycles. The summed E-state index contributed by atoms with van der Waals surface area (Å²) in [6.07, 6.45) is 0. The second-order valence-corrected chi connectivity index (χ2v) is 5.52. The summed E-state index contributed by atoms with van der Waals surface area (Å²) < 4.78 is 6.39. The molecule has 4 aromatic rings. The van der Waals surface area contributed by atoms with E-state index < -0.39 is 0 Å². The fraction of sp³-hybridized carbons (Fsp3) is 0.0625. The van der Waals surface area contributed by atoms with Gasteiger partial charge in [0.15, 0.2) is 0 Å². The van der Waals surface area contributed by atoms with Gasteiger partial charge in [-0.05, 0) is 36.4 Å². The molecule has 0 saturated heterocycles. The second-order valence-electron chi connectivity index (χ2n) is 5.09. The summed E-state index contributed by atoms with van der Waals surface area (Å²) >= 11 is 5.86. The summed E-state index contributed by atoms with van der Waals surface area (Å²) in [5.41, 5.74) is 1.06. The summed E-state index contributed by atoms with van der Waals surface area (Å²) in [5.74, 6) is 0.690. The average Bonchev–Trinajstić information content (AvgIpc) is 3.07. The molecule has 2 aromatic carbocycles. The molecule has 0 radical (unpaired) electrons. The lowest BCUT2D eigenvalue weighted by molar-refractivity contribution is 0.361. The van der Waals surface area contributed by atoms with Gasteiger partial charge in [-0.15, -0.1) is 5.10 Å². The highest BCUT2D eigenvalue weighted by atomic mass is 35.5. The lowest BCUT2D eigenvalue weighted by atomic mass is 10.2. The first-order valence-corrected chi connectivity index (χ1v) is 7.49. The van der Waals surface area contributed by atoms with E-state index in [-0.39, 0.29) is 18.0 Å². The number of benzene rings is 2. The molecule has 2 aromatic heterocycles. The van der Waals surface area contributed by atoms with E-state index >= 15 is 0 Å². The largest absolute Gasteiger partial charge is 0.337 e. The molecule has 0 aliphatic rings. The van der Waals surface area contributed by atoms with Gasteiger partial charge >= 0.3 is 0 Å². The molecule has 0 atom stereocenters. The van der Waals surface area contributed by atoms with Gasteiger partial charge in [-0.1, -0.05) is 34.1 Å². The highest BCUT2D eigenvalue weighted by Crippen LogP contribution is 2.18. The minimum Gasteiger partial charge on any atom is -0.337 e. The Bertz CT molecular complexity index is 1070. The number of fused-ring (bicyclic) bond motifs is 1. The van der Waals surface area contributed by atoms with E-state index in [1.165, 1.54) is 4.68 Å². The highest BCUT2D eigenvalue weighted by molar-refractivity contribution is 6.30. The Kier molecular flexibility index (Phi) is 3.55. The number of rotatable bonds is 3. The summed E-state index contributed by atoms with van der Waals surface area (Å²) in [6.45, 7) is 0.0528. The normalized spacial score (nSPS) is 11.0. The molecule has 0 bridgehead atoms. The van der Waals surface area contributed by atoms with Crippen LogP contribution in [0.15, 0.2) is 57.8 Å². The van der Waals surface area contributed by atoms with Gasteiger partial charge in [-0.25, -0.2) is 4.68 Å². The maximum atomic E-state index is 12.4. The Balaban J connectivity index is 1.66. The molecule has 24 heavy (non-hydrogen) atoms. The van der Waals surface area contributed by atoms with Crippen molar-refractivity contribution in [1.29, 1.82) is 0 Å². The number of hydrogen-bond donors (Lipinski definition) is 0. The van der Waals surface area contributed by atoms with Gasteiger partial charge in [0.1, 0.15) is 12.1 Å². The van der Waals surface area contributed by atoms with Crippen molar-refractivity contribution in [3.8, 4) is 11.4 Å². The van der Waals surface area contributed by atoms with Crippen LogP contribution in [0.5, 0.6) is 0 Å². The summed E-state index contributed by atoms with van der Waals surface area (Å²) in [7, 11) is 0. The van der Waals surface area contributed by atoms with Crippen molar-refractivity contribution in [3.05, 3.63) is 69.8 Å². The third-order valence-electron chi connectivity index (χ3n) is 3.48. The Morgan fingerprint density at radius 3 is 2.71 bits per heavy atom. The van der Waals surface area contributed by atoms with Crippen molar-refractivity contribution in [1.82, 2.24) is 25.1 Å². The molecule has 0 amide bonds. The predicted molar refractivity (Wildman–Crippen MR) is 87.6 cm³/mol. The van der Waals surface area contributed by atoms with E-state index in [1.54, 1.807) is 48.5 Å². The Morgan fingerprint density at radius 2 is 1.88 bits per heavy atom. The third kappa shape index (κ3) is 2.65. The third-order valence-corrected chi connectivity index (χ3v) is 3.74. The zero-order chi connectivity index (χ0) is 16.5. The van der Waals surface area contributed by atoms with Crippen LogP contribution < -0.4 is 5.56 Å². The van der Waals surface area contributed by atoms with Gasteiger partial charge in [0.05, 0.1) is 5.39 Å². The quantitative estimate of drug-likeness (QED) is 0.570. The molecule has 0 fully saturated rings. The van der Waals surface area contributed by atoms with Gasteiger partial charge in [0, 0.05) is 10.6 Å². The van der Waals surface area contributed by atoms with Crippen LogP contribution in [-0.4, -0.2) is 25.1 Å². The first-order chi connectivity index (χ1) is 11.7. The fourth-order valence-electron chi connectivity index (χ4n) is 2.29. The molecule has 4 rings (SSSR count). The van der Waals surface area contributed by atoms with E-state index in [4.69, 9.17) is 16.1 Å². The van der Waals surface area contributed by atoms with Gasteiger partial charge in [-0.3, -0.25) is 4.79 Å². The first kappa shape index (κ1) is 14.5. The standard InChI is InChI=1S/C16H10ClN5O2/c17-11-7-5-10(6-8-11)15-18-14(24-20-15)9-22-16(23)12-3-1-2-4-13(12)19-21-22/h1-8H,9H2. The Morgan fingerprint density at radius 1 is 1.08 bits per heavy atom. The van der Waals surface area contributed by atoms with Crippen LogP contribution in [0.25, 0.3) is 22.3 Å². The summed E-state index contributed by atoms with van der Waals surface area (Å²) in [5, 5.41) is 13.0. The highest BCUT2D eigenvalue weighted by Gasteiger charge is 2.12. The van der Waals surface area contributed by atoms with Gasteiger partial charge in [0.2, 0.25) is 11.7 Å². The van der Waals surface area contributed by atoms with Crippen molar-refractivity contribution in [2.75, 3.05) is 0 Å². The van der Waals surface area contributed by atoms with Crippen LogP contribution in [0, 0.1) is 0 Å². The van der Waals surface area contributed by atoms with Crippen molar-refractivity contribution in [2.24, 2.45) is 0 Å². The van der Waals surface area contributed by atoms with Crippen molar-refractivity contribution < 1.29 is 4.52 Å². The number of nitrogens with zero attached hydrogens (tertiary/aromatic N) is 5. The molecular formula is C16H10ClN5O2. The molecule has 0 N–H and O–H groups in total. The SMILES string of the molecule is O=c1c2ccccc2nnn1Cc1nc(-c2ccc(Cl)cc2)no1. The van der Waals surface area contributed by atoms with Crippen LogP contribution in [0.1, 0.15) is 5.89 Å². The predicted octanol–water partition coefficient (Wildman–Crippen LogP) is 2.54. The average molecular weight is 340 g/mol. The van der Waals surface area contributed by atoms with E-state index in [0.29, 0.717) is 21.7 Å². The zero-order valence-electron chi connectivity index (χ0n) is 12.3. The molecule has 0 aliphatic carbocycles. The van der Waals surface area contributed by atoms with Gasteiger partial charge in [-0.2, -0.15) is 4.98 Å².